The highest BCUT2D eigenvalue weighted by Gasteiger charge is 2.33. The monoisotopic (exact) mass is 272 g/mol. The second-order valence-corrected chi connectivity index (χ2v) is 4.71. The van der Waals surface area contributed by atoms with Gasteiger partial charge in [-0.2, -0.15) is 0 Å². The van der Waals surface area contributed by atoms with Gasteiger partial charge in [-0.25, -0.2) is 8.78 Å². The van der Waals surface area contributed by atoms with E-state index in [0.717, 1.165) is 6.07 Å². The molecule has 0 spiro atoms. The Morgan fingerprint density at radius 1 is 1.39 bits per heavy atom. The zero-order chi connectivity index (χ0) is 13.3. The minimum atomic E-state index is -0.721. The van der Waals surface area contributed by atoms with Crippen LogP contribution in [0.1, 0.15) is 17.9 Å². The van der Waals surface area contributed by atoms with Gasteiger partial charge in [-0.05, 0) is 29.9 Å². The van der Waals surface area contributed by atoms with E-state index in [2.05, 4.69) is 5.32 Å². The first-order valence-electron chi connectivity index (χ1n) is 5.63. The molecule has 1 saturated heterocycles. The summed E-state index contributed by atoms with van der Waals surface area (Å²) in [7, 11) is 1.67. The Morgan fingerprint density at radius 3 is 2.56 bits per heavy atom. The number of aliphatic hydroxyl groups is 1. The van der Waals surface area contributed by atoms with Gasteiger partial charge in [-0.15, -0.1) is 0 Å². The quantitative estimate of drug-likeness (QED) is 0.761. The summed E-state index contributed by atoms with van der Waals surface area (Å²) in [5.74, 6) is -1.33. The topological polar surface area (TPSA) is 35.5 Å². The third-order valence-electron chi connectivity index (χ3n) is 3.10. The van der Waals surface area contributed by atoms with E-state index in [1.807, 2.05) is 0 Å². The summed E-state index contributed by atoms with van der Waals surface area (Å²) in [5, 5.41) is 13.1. The van der Waals surface area contributed by atoms with Crippen LogP contribution in [0.4, 0.5) is 8.78 Å². The van der Waals surface area contributed by atoms with Crippen LogP contribution in [0.25, 0.3) is 0 Å². The average molecular weight is 272 g/mol. The molecule has 1 heterocycles. The molecule has 1 aliphatic heterocycles. The van der Waals surface area contributed by atoms with E-state index in [-0.39, 0.29) is 5.92 Å². The first-order chi connectivity index (χ1) is 8.51. The average Bonchev–Trinajstić information content (AvgIpc) is 2.69. The van der Waals surface area contributed by atoms with Crippen LogP contribution in [-0.4, -0.2) is 34.9 Å². The van der Waals surface area contributed by atoms with Crippen LogP contribution in [0.15, 0.2) is 18.2 Å². The number of hydrogen-bond donors (Lipinski definition) is 2. The van der Waals surface area contributed by atoms with E-state index < -0.39 is 17.9 Å². The van der Waals surface area contributed by atoms with Crippen molar-refractivity contribution >= 4 is 17.3 Å². The second-order valence-electron chi connectivity index (χ2n) is 4.32. The molecule has 2 unspecified atom stereocenters. The van der Waals surface area contributed by atoms with Crippen LogP contribution in [-0.2, 0) is 0 Å². The largest absolute Gasteiger partial charge is 0.374 e. The highest BCUT2D eigenvalue weighted by atomic mass is 32.1. The van der Waals surface area contributed by atoms with Gasteiger partial charge in [0.1, 0.15) is 17.9 Å². The van der Waals surface area contributed by atoms with Gasteiger partial charge in [0, 0.05) is 32.0 Å². The summed E-state index contributed by atoms with van der Waals surface area (Å²) in [4.78, 5) is 1.61. The zero-order valence-corrected chi connectivity index (χ0v) is 10.7. The Kier molecular flexibility index (Phi) is 3.77. The van der Waals surface area contributed by atoms with Crippen LogP contribution in [0.2, 0.25) is 0 Å². The van der Waals surface area contributed by atoms with Crippen molar-refractivity contribution in [3.63, 3.8) is 0 Å². The lowest BCUT2D eigenvalue weighted by molar-refractivity contribution is 0.0859. The molecule has 0 aromatic heterocycles. The van der Waals surface area contributed by atoms with Gasteiger partial charge in [0.25, 0.3) is 0 Å². The lowest BCUT2D eigenvalue weighted by Gasteiger charge is -2.22. The molecule has 6 heteroatoms. The van der Waals surface area contributed by atoms with Crippen LogP contribution >= 0.6 is 12.2 Å². The van der Waals surface area contributed by atoms with Gasteiger partial charge in [-0.1, -0.05) is 0 Å². The van der Waals surface area contributed by atoms with Crippen molar-refractivity contribution in [1.82, 2.24) is 10.2 Å². The van der Waals surface area contributed by atoms with Gasteiger partial charge in [0.2, 0.25) is 0 Å². The van der Waals surface area contributed by atoms with Crippen LogP contribution < -0.4 is 5.32 Å². The van der Waals surface area contributed by atoms with E-state index in [9.17, 15) is 13.9 Å². The molecule has 0 bridgehead atoms. The fourth-order valence-corrected chi connectivity index (χ4v) is 2.43. The standard InChI is InChI=1S/C12H14F2N2OS/c1-15-12(18)16-6-8(4-11(16)17)7-2-9(13)5-10(14)3-7/h2-3,5,8,11,17H,4,6H2,1H3,(H,15,18). The number of halogens is 2. The maximum atomic E-state index is 13.1. The maximum absolute atomic E-state index is 13.1. The van der Waals surface area contributed by atoms with Gasteiger partial charge in [0.15, 0.2) is 5.11 Å². The van der Waals surface area contributed by atoms with E-state index in [1.165, 1.54) is 12.1 Å². The fraction of sp³-hybridized carbons (Fsp3) is 0.417. The van der Waals surface area contributed by atoms with Crippen LogP contribution in [0.3, 0.4) is 0 Å². The lowest BCUT2D eigenvalue weighted by atomic mass is 9.98. The minimum Gasteiger partial charge on any atom is -0.374 e. The Morgan fingerprint density at radius 2 is 2.00 bits per heavy atom. The smallest absolute Gasteiger partial charge is 0.170 e. The molecule has 0 saturated carbocycles. The van der Waals surface area contributed by atoms with E-state index in [0.29, 0.717) is 23.6 Å². The highest BCUT2D eigenvalue weighted by molar-refractivity contribution is 7.80. The number of likely N-dealkylation sites (tertiary alicyclic amines) is 1. The Hall–Kier alpha value is -1.27. The van der Waals surface area contributed by atoms with Crippen molar-refractivity contribution < 1.29 is 13.9 Å². The molecule has 1 aromatic carbocycles. The normalized spacial score (nSPS) is 23.2. The van der Waals surface area contributed by atoms with Crippen molar-refractivity contribution in [3.05, 3.63) is 35.4 Å². The summed E-state index contributed by atoms with van der Waals surface area (Å²) in [6.07, 6.45) is -0.314. The molecule has 1 aromatic rings. The third-order valence-corrected chi connectivity index (χ3v) is 3.54. The van der Waals surface area contributed by atoms with Crippen molar-refractivity contribution in [2.45, 2.75) is 18.6 Å². The molecule has 98 valence electrons. The summed E-state index contributed by atoms with van der Waals surface area (Å²) < 4.78 is 26.3. The van der Waals surface area contributed by atoms with Crippen molar-refractivity contribution in [3.8, 4) is 0 Å². The molecule has 0 amide bonds. The summed E-state index contributed by atoms with van der Waals surface area (Å²) >= 11 is 5.05. The molecule has 0 radical (unpaired) electrons. The molecule has 0 aliphatic carbocycles. The van der Waals surface area contributed by atoms with Crippen molar-refractivity contribution in [2.75, 3.05) is 13.6 Å². The number of thiocarbonyl (C=S) groups is 1. The molecule has 2 N–H and O–H groups in total. The SMILES string of the molecule is CNC(=S)N1CC(c2cc(F)cc(F)c2)CC1O. The van der Waals surface area contributed by atoms with Crippen LogP contribution in [0.5, 0.6) is 0 Å². The van der Waals surface area contributed by atoms with Crippen molar-refractivity contribution in [1.29, 1.82) is 0 Å². The first kappa shape index (κ1) is 13.2. The fourth-order valence-electron chi connectivity index (χ4n) is 2.23. The molecular weight excluding hydrogens is 258 g/mol. The molecule has 1 aliphatic rings. The first-order valence-corrected chi connectivity index (χ1v) is 6.04. The second kappa shape index (κ2) is 5.16. The van der Waals surface area contributed by atoms with E-state index >= 15 is 0 Å². The molecule has 2 rings (SSSR count). The van der Waals surface area contributed by atoms with Gasteiger partial charge < -0.3 is 15.3 Å². The number of nitrogens with zero attached hydrogens (tertiary/aromatic N) is 1. The lowest BCUT2D eigenvalue weighted by Crippen LogP contribution is -2.41. The molecule has 18 heavy (non-hydrogen) atoms. The predicted octanol–water partition coefficient (Wildman–Crippen LogP) is 1.58. The van der Waals surface area contributed by atoms with Gasteiger partial charge in [0.05, 0.1) is 0 Å². The molecule has 1 fully saturated rings. The van der Waals surface area contributed by atoms with E-state index in [4.69, 9.17) is 12.2 Å². The summed E-state index contributed by atoms with van der Waals surface area (Å²) in [5.41, 5.74) is 0.549. The molecule has 3 nitrogen and oxygen atoms in total. The number of benzene rings is 1. The Bertz CT molecular complexity index is 449. The Labute approximate surface area is 109 Å². The maximum Gasteiger partial charge on any atom is 0.170 e. The predicted molar refractivity (Wildman–Crippen MR) is 68.1 cm³/mol. The molecule has 2 atom stereocenters. The highest BCUT2D eigenvalue weighted by Crippen LogP contribution is 2.31. The number of nitrogens with one attached hydrogen (secondary N) is 1. The summed E-state index contributed by atoms with van der Waals surface area (Å²) in [6, 6.07) is 3.43. The Balaban J connectivity index is 2.19. The molecular formula is C12H14F2N2OS. The third kappa shape index (κ3) is 2.59. The zero-order valence-electron chi connectivity index (χ0n) is 9.86. The van der Waals surface area contributed by atoms with Gasteiger partial charge in [-0.3, -0.25) is 0 Å². The minimum absolute atomic E-state index is 0.128. The number of aliphatic hydroxyl groups excluding tert-OH is 1. The van der Waals surface area contributed by atoms with Crippen molar-refractivity contribution in [2.24, 2.45) is 0 Å². The number of rotatable bonds is 1. The number of hydrogen-bond acceptors (Lipinski definition) is 2. The summed E-state index contributed by atoms with van der Waals surface area (Å²) in [6.45, 7) is 0.448. The van der Waals surface area contributed by atoms with Crippen LogP contribution in [0, 0.1) is 11.6 Å². The van der Waals surface area contributed by atoms with E-state index in [1.54, 1.807) is 11.9 Å². The van der Waals surface area contributed by atoms with Gasteiger partial charge >= 0.3 is 0 Å².